The van der Waals surface area contributed by atoms with Gasteiger partial charge >= 0.3 is 53.7 Å². The van der Waals surface area contributed by atoms with Crippen LogP contribution in [0.2, 0.25) is 0 Å². The molecule has 10 bridgehead atoms. The van der Waals surface area contributed by atoms with Gasteiger partial charge in [0, 0.05) is 24.4 Å². The minimum absolute atomic E-state index is 0.0346. The molecule has 0 aromatic carbocycles. The van der Waals surface area contributed by atoms with E-state index in [4.69, 9.17) is 42.6 Å². The third-order valence-electron chi connectivity index (χ3n) is 25.2. The number of hydrogen-bond acceptors (Lipinski definition) is 18. The summed E-state index contributed by atoms with van der Waals surface area (Å²) in [6, 6.07) is 0. The average molecular weight is 1340 g/mol. The van der Waals surface area contributed by atoms with Crippen LogP contribution in [-0.2, 0) is 85.8 Å². The lowest BCUT2D eigenvalue weighted by molar-refractivity contribution is -0.214. The van der Waals surface area contributed by atoms with Crippen molar-refractivity contribution >= 4 is 53.7 Å². The Bertz CT molecular complexity index is 2760. The number of rotatable bonds is 19. The SMILES string of the molecule is CC(C(=O)OC(C)(C)C)C(C)C(=O)OC12CC3CC(C1)CC(C(=O)O)(C3)C2.CC(C(=O)OC1CC2CCC1(C)C2(C)C)C(C)C(=O)OC(C)(C)C.CC(C(=O)OC1CC2CCC1C2)C(C)C(=O)OC(C)(C)C.COCOC(=O)C(C)C(C)C(=O)OC1CC2CCC1(C)C2(C)C. The Morgan fingerprint density at radius 3 is 1.12 bits per heavy atom. The Kier molecular flexibility index (Phi) is 24.6. The van der Waals surface area contributed by atoms with Gasteiger partial charge in [0.05, 0.1) is 52.8 Å². The van der Waals surface area contributed by atoms with Gasteiger partial charge in [0.15, 0.2) is 6.79 Å². The lowest BCUT2D eigenvalue weighted by Gasteiger charge is -2.59. The van der Waals surface area contributed by atoms with Crippen LogP contribution < -0.4 is 0 Å². The molecule has 0 heterocycles. The molecule has 95 heavy (non-hydrogen) atoms. The Labute approximate surface area is 568 Å². The Hall–Kier alpha value is -4.81. The van der Waals surface area contributed by atoms with Crippen molar-refractivity contribution in [3.8, 4) is 0 Å². The summed E-state index contributed by atoms with van der Waals surface area (Å²) in [4.78, 5) is 111. The molecule has 0 aromatic heterocycles. The van der Waals surface area contributed by atoms with Gasteiger partial charge in [-0.3, -0.25) is 43.2 Å². The number of esters is 8. The van der Waals surface area contributed by atoms with E-state index in [1.54, 1.807) is 76.2 Å². The fourth-order valence-electron chi connectivity index (χ4n) is 17.6. The molecule has 19 nitrogen and oxygen atoms in total. The first-order valence-corrected chi connectivity index (χ1v) is 35.9. The molecule has 0 amide bonds. The van der Waals surface area contributed by atoms with Gasteiger partial charge in [0.1, 0.15) is 40.7 Å². The maximum Gasteiger partial charge on any atom is 0.311 e. The highest BCUT2D eigenvalue weighted by molar-refractivity contribution is 5.84. The quantitative estimate of drug-likeness (QED) is 0.0716. The van der Waals surface area contributed by atoms with E-state index < -0.39 is 99.0 Å². The first-order valence-electron chi connectivity index (χ1n) is 35.9. The Balaban J connectivity index is 0.000000201. The van der Waals surface area contributed by atoms with Crippen LogP contribution >= 0.6 is 0 Å². The molecule has 10 aliphatic rings. The monoisotopic (exact) mass is 1340 g/mol. The van der Waals surface area contributed by atoms with Gasteiger partial charge in [0.2, 0.25) is 0 Å². The molecule has 0 saturated heterocycles. The summed E-state index contributed by atoms with van der Waals surface area (Å²) >= 11 is 0. The van der Waals surface area contributed by atoms with Gasteiger partial charge in [-0.1, -0.05) is 96.9 Å². The minimum atomic E-state index is -0.757. The average Bonchev–Trinajstić information content (AvgIpc) is 1.73. The molecular weight excluding hydrogens is 1220 g/mol. The minimum Gasteiger partial charge on any atom is -0.481 e. The number of carboxylic acids is 1. The van der Waals surface area contributed by atoms with Crippen molar-refractivity contribution in [3.05, 3.63) is 0 Å². The first kappa shape index (κ1) is 79.2. The second kappa shape index (κ2) is 29.6. The van der Waals surface area contributed by atoms with Gasteiger partial charge in [-0.25, -0.2) is 0 Å². The maximum absolute atomic E-state index is 12.8. The summed E-state index contributed by atoms with van der Waals surface area (Å²) in [7, 11) is 1.45. The number of methoxy groups -OCH3 is 1. The number of carbonyl (C=O) groups excluding carboxylic acids is 8. The van der Waals surface area contributed by atoms with Crippen molar-refractivity contribution in [2.45, 2.75) is 303 Å². The zero-order chi connectivity index (χ0) is 71.9. The summed E-state index contributed by atoms with van der Waals surface area (Å²) in [5.74, 6) is -4.63. The lowest BCUT2D eigenvalue weighted by Crippen LogP contribution is -2.60. The normalized spacial score (nSPS) is 34.0. The largest absolute Gasteiger partial charge is 0.481 e. The molecule has 10 aliphatic carbocycles. The summed E-state index contributed by atoms with van der Waals surface area (Å²) < 4.78 is 49.2. The van der Waals surface area contributed by atoms with E-state index in [0.717, 1.165) is 57.3 Å². The number of hydrogen-bond donors (Lipinski definition) is 1. The van der Waals surface area contributed by atoms with Crippen LogP contribution in [0, 0.1) is 110 Å². The molecule has 0 aliphatic heterocycles. The van der Waals surface area contributed by atoms with Crippen molar-refractivity contribution in [3.63, 3.8) is 0 Å². The zero-order valence-electron chi connectivity index (χ0n) is 62.6. The van der Waals surface area contributed by atoms with Gasteiger partial charge in [-0.2, -0.15) is 0 Å². The van der Waals surface area contributed by atoms with Crippen molar-refractivity contribution in [1.29, 1.82) is 0 Å². The molecule has 0 radical (unpaired) electrons. The van der Waals surface area contributed by atoms with Gasteiger partial charge in [-0.15, -0.1) is 0 Å². The van der Waals surface area contributed by atoms with Crippen molar-refractivity contribution in [2.24, 2.45) is 110 Å². The number of aliphatic carboxylic acids is 1. The molecule has 19 atom stereocenters. The highest BCUT2D eigenvalue weighted by atomic mass is 16.7. The van der Waals surface area contributed by atoms with E-state index in [1.807, 2.05) is 41.5 Å². The molecular formula is C76H124O19. The lowest BCUT2D eigenvalue weighted by atomic mass is 9.48. The predicted octanol–water partition coefficient (Wildman–Crippen LogP) is 14.4. The molecule has 10 fully saturated rings. The molecule has 19 unspecified atom stereocenters. The molecule has 10 saturated carbocycles. The smallest absolute Gasteiger partial charge is 0.311 e. The van der Waals surface area contributed by atoms with E-state index in [9.17, 15) is 48.3 Å². The molecule has 10 rings (SSSR count). The Morgan fingerprint density at radius 1 is 0.432 bits per heavy atom. The van der Waals surface area contributed by atoms with E-state index >= 15 is 0 Å². The van der Waals surface area contributed by atoms with E-state index in [2.05, 4.69) is 41.5 Å². The number of ether oxygens (including phenoxy) is 9. The van der Waals surface area contributed by atoms with Gasteiger partial charge < -0.3 is 47.7 Å². The van der Waals surface area contributed by atoms with Crippen LogP contribution in [0.1, 0.15) is 262 Å². The van der Waals surface area contributed by atoms with Gasteiger partial charge in [0.25, 0.3) is 0 Å². The maximum atomic E-state index is 12.8. The van der Waals surface area contributed by atoms with Crippen LogP contribution in [0.25, 0.3) is 0 Å². The molecule has 1 N–H and O–H groups in total. The predicted molar refractivity (Wildman–Crippen MR) is 356 cm³/mol. The van der Waals surface area contributed by atoms with Crippen molar-refractivity contribution in [1.82, 2.24) is 0 Å². The Morgan fingerprint density at radius 2 is 0.800 bits per heavy atom. The standard InChI is InChI=1S/C21H32O6.C20H34O4.C18H30O5.C17H28O4/c1-12(16(22)26-19(3,4)5)13(2)17(23)27-21-9-14-6-15(10-21)8-20(7-14,11-21)18(24)25;1-12(13(2)17(22)24-18(3,4)5)16(21)23-15-11-14-9-10-20(15,8)19(14,6)7;1-11(15(19)22-10-21-6)12(2)16(20)23-14-9-13-7-8-18(14,5)17(13,3)4;1-10(11(2)16(19)21-17(3,4)5)15(18)20-14-9-12-6-7-13(14)8-12/h12-15H,6-11H2,1-5H3,(H,24,25);12-15H,9-11H2,1-8H3;11-14H,7-10H2,1-6H3;10-14H,6-9H2,1-5H3. The van der Waals surface area contributed by atoms with E-state index in [0.29, 0.717) is 48.9 Å². The zero-order valence-corrected chi connectivity index (χ0v) is 62.6. The van der Waals surface area contributed by atoms with Crippen LogP contribution in [0.15, 0.2) is 0 Å². The summed E-state index contributed by atoms with van der Waals surface area (Å²) in [6.07, 6.45) is 15.5. The van der Waals surface area contributed by atoms with Gasteiger partial charge in [-0.05, 0) is 205 Å². The third kappa shape index (κ3) is 18.0. The van der Waals surface area contributed by atoms with E-state index in [1.165, 1.54) is 39.2 Å². The fraction of sp³-hybridized carbons (Fsp3) is 0.882. The molecule has 19 heteroatoms. The summed E-state index contributed by atoms with van der Waals surface area (Å²) in [5.41, 5.74) is -2.62. The molecule has 542 valence electrons. The number of carbonyl (C=O) groups is 9. The van der Waals surface area contributed by atoms with Crippen LogP contribution in [0.5, 0.6) is 0 Å². The van der Waals surface area contributed by atoms with Crippen molar-refractivity contribution < 1.29 is 90.9 Å². The van der Waals surface area contributed by atoms with Crippen molar-refractivity contribution in [2.75, 3.05) is 13.9 Å². The second-order valence-corrected chi connectivity index (χ2v) is 35.7. The second-order valence-electron chi connectivity index (χ2n) is 35.7. The summed E-state index contributed by atoms with van der Waals surface area (Å²) in [6.45, 7) is 43.7. The first-order chi connectivity index (χ1) is 43.5. The number of fused-ring (bicyclic) bond motifs is 6. The third-order valence-corrected chi connectivity index (χ3v) is 25.2. The van der Waals surface area contributed by atoms with Crippen LogP contribution in [-0.4, -0.2) is 113 Å². The topological polar surface area (TPSA) is 257 Å². The molecule has 0 aromatic rings. The van der Waals surface area contributed by atoms with Crippen LogP contribution in [0.3, 0.4) is 0 Å². The fourth-order valence-corrected chi connectivity index (χ4v) is 17.6. The van der Waals surface area contributed by atoms with E-state index in [-0.39, 0.29) is 76.6 Å². The molecule has 0 spiro atoms. The summed E-state index contributed by atoms with van der Waals surface area (Å²) in [5, 5.41) is 9.80. The highest BCUT2D eigenvalue weighted by Gasteiger charge is 2.66. The van der Waals surface area contributed by atoms with Crippen LogP contribution in [0.4, 0.5) is 0 Å². The number of carboxylic acid groups (broad SMARTS) is 1. The highest BCUT2D eigenvalue weighted by Crippen LogP contribution is 2.68.